The molecule has 0 saturated carbocycles. The molecular weight excluding hydrogens is 330 g/mol. The van der Waals surface area contributed by atoms with Crippen LogP contribution in [0.3, 0.4) is 0 Å². The summed E-state index contributed by atoms with van der Waals surface area (Å²) in [5.74, 6) is 1.11. The van der Waals surface area contributed by atoms with E-state index in [0.29, 0.717) is 0 Å². The Bertz CT molecular complexity index is 807. The number of benzene rings is 2. The molecule has 3 aromatic rings. The number of imidazole rings is 1. The first kappa shape index (κ1) is 18.0. The van der Waals surface area contributed by atoms with Crippen LogP contribution in [-0.2, 0) is 13.0 Å². The van der Waals surface area contributed by atoms with Crippen LogP contribution in [0, 0.1) is 0 Å². The average Bonchev–Trinajstić information content (AvgIpc) is 2.96. The van der Waals surface area contributed by atoms with Gasteiger partial charge in [0, 0.05) is 18.0 Å². The summed E-state index contributed by atoms with van der Waals surface area (Å²) in [6, 6.07) is 16.6. The van der Waals surface area contributed by atoms with Gasteiger partial charge in [0.25, 0.3) is 0 Å². The van der Waals surface area contributed by atoms with E-state index in [9.17, 15) is 0 Å². The summed E-state index contributed by atoms with van der Waals surface area (Å²) in [6.45, 7) is 8.75. The van der Waals surface area contributed by atoms with Crippen LogP contribution in [-0.4, -0.2) is 34.1 Å². The van der Waals surface area contributed by atoms with Gasteiger partial charge in [0.15, 0.2) is 0 Å². The number of halogens is 1. The van der Waals surface area contributed by atoms with Gasteiger partial charge in [0.2, 0.25) is 0 Å². The average molecular weight is 356 g/mol. The van der Waals surface area contributed by atoms with Crippen molar-refractivity contribution in [2.75, 3.05) is 19.6 Å². The Morgan fingerprint density at radius 1 is 1.04 bits per heavy atom. The summed E-state index contributed by atoms with van der Waals surface area (Å²) >= 11 is 6.17. The van der Waals surface area contributed by atoms with Crippen molar-refractivity contribution in [3.63, 3.8) is 0 Å². The second-order valence-electron chi connectivity index (χ2n) is 6.36. The van der Waals surface area contributed by atoms with E-state index in [1.54, 1.807) is 0 Å². The Kier molecular flexibility index (Phi) is 6.11. The Labute approximate surface area is 155 Å². The molecule has 0 N–H and O–H groups in total. The summed E-state index contributed by atoms with van der Waals surface area (Å²) in [7, 11) is 0. The monoisotopic (exact) mass is 355 g/mol. The number of nitrogens with zero attached hydrogens (tertiary/aromatic N) is 3. The smallest absolute Gasteiger partial charge is 0.114 e. The zero-order valence-electron chi connectivity index (χ0n) is 15.1. The molecule has 0 amide bonds. The van der Waals surface area contributed by atoms with Crippen molar-refractivity contribution >= 4 is 22.6 Å². The fourth-order valence-corrected chi connectivity index (χ4v) is 3.47. The van der Waals surface area contributed by atoms with E-state index in [1.807, 2.05) is 12.1 Å². The standard InChI is InChI=1S/C21H26ClN3/c1-3-24(4-2)13-8-14-25-20-12-11-18(22)16-19(20)23-21(25)15-17-9-6-5-7-10-17/h5-7,9-12,16H,3-4,8,13-15H2,1-2H3. The molecule has 0 aliphatic carbocycles. The first-order valence-corrected chi connectivity index (χ1v) is 9.50. The number of hydrogen-bond acceptors (Lipinski definition) is 2. The van der Waals surface area contributed by atoms with Crippen LogP contribution in [0.25, 0.3) is 11.0 Å². The Balaban J connectivity index is 1.86. The highest BCUT2D eigenvalue weighted by Gasteiger charge is 2.12. The molecule has 0 bridgehead atoms. The quantitative estimate of drug-likeness (QED) is 0.566. The fraction of sp³-hybridized carbons (Fsp3) is 0.381. The molecule has 2 aromatic carbocycles. The third-order valence-electron chi connectivity index (χ3n) is 4.74. The van der Waals surface area contributed by atoms with Crippen molar-refractivity contribution in [3.8, 4) is 0 Å². The van der Waals surface area contributed by atoms with E-state index in [0.717, 1.165) is 55.4 Å². The van der Waals surface area contributed by atoms with Gasteiger partial charge in [-0.3, -0.25) is 0 Å². The van der Waals surface area contributed by atoms with Crippen LogP contribution >= 0.6 is 11.6 Å². The summed E-state index contributed by atoms with van der Waals surface area (Å²) in [4.78, 5) is 7.34. The maximum Gasteiger partial charge on any atom is 0.114 e. The zero-order chi connectivity index (χ0) is 17.6. The molecular formula is C21H26ClN3. The third-order valence-corrected chi connectivity index (χ3v) is 4.98. The molecule has 0 radical (unpaired) electrons. The molecule has 1 aromatic heterocycles. The maximum atomic E-state index is 6.17. The van der Waals surface area contributed by atoms with Crippen LogP contribution in [0.1, 0.15) is 31.7 Å². The van der Waals surface area contributed by atoms with E-state index in [2.05, 4.69) is 59.7 Å². The minimum absolute atomic E-state index is 0.742. The highest BCUT2D eigenvalue weighted by Crippen LogP contribution is 2.22. The molecule has 25 heavy (non-hydrogen) atoms. The van der Waals surface area contributed by atoms with Gasteiger partial charge in [-0.15, -0.1) is 0 Å². The summed E-state index contributed by atoms with van der Waals surface area (Å²) < 4.78 is 2.36. The SMILES string of the molecule is CCN(CC)CCCn1c(Cc2ccccc2)nc2cc(Cl)ccc21. The van der Waals surface area contributed by atoms with E-state index < -0.39 is 0 Å². The molecule has 3 rings (SSSR count). The van der Waals surface area contributed by atoms with Crippen molar-refractivity contribution in [2.24, 2.45) is 0 Å². The van der Waals surface area contributed by atoms with Gasteiger partial charge in [-0.1, -0.05) is 55.8 Å². The number of fused-ring (bicyclic) bond motifs is 1. The number of aromatic nitrogens is 2. The Morgan fingerprint density at radius 2 is 1.80 bits per heavy atom. The molecule has 0 fully saturated rings. The van der Waals surface area contributed by atoms with Crippen LogP contribution < -0.4 is 0 Å². The molecule has 1 heterocycles. The molecule has 0 aliphatic rings. The van der Waals surface area contributed by atoms with Gasteiger partial charge in [-0.2, -0.15) is 0 Å². The summed E-state index contributed by atoms with van der Waals surface area (Å²) in [6.07, 6.45) is 1.97. The molecule has 0 atom stereocenters. The summed E-state index contributed by atoms with van der Waals surface area (Å²) in [5.41, 5.74) is 3.45. The van der Waals surface area contributed by atoms with Crippen LogP contribution in [0.5, 0.6) is 0 Å². The van der Waals surface area contributed by atoms with E-state index in [-0.39, 0.29) is 0 Å². The van der Waals surface area contributed by atoms with Gasteiger partial charge in [0.1, 0.15) is 5.82 Å². The lowest BCUT2D eigenvalue weighted by molar-refractivity contribution is 0.293. The third kappa shape index (κ3) is 4.42. The predicted molar refractivity (Wildman–Crippen MR) is 106 cm³/mol. The molecule has 3 nitrogen and oxygen atoms in total. The largest absolute Gasteiger partial charge is 0.328 e. The minimum Gasteiger partial charge on any atom is -0.328 e. The number of rotatable bonds is 8. The van der Waals surface area contributed by atoms with Crippen molar-refractivity contribution in [2.45, 2.75) is 33.2 Å². The molecule has 4 heteroatoms. The van der Waals surface area contributed by atoms with Gasteiger partial charge in [-0.25, -0.2) is 4.98 Å². The molecule has 0 unspecified atom stereocenters. The first-order valence-electron chi connectivity index (χ1n) is 9.12. The Morgan fingerprint density at radius 3 is 2.52 bits per heavy atom. The van der Waals surface area contributed by atoms with E-state index in [4.69, 9.17) is 16.6 Å². The highest BCUT2D eigenvalue weighted by atomic mass is 35.5. The topological polar surface area (TPSA) is 21.1 Å². The maximum absolute atomic E-state index is 6.17. The van der Waals surface area contributed by atoms with Crippen LogP contribution in [0.4, 0.5) is 0 Å². The van der Waals surface area contributed by atoms with Gasteiger partial charge >= 0.3 is 0 Å². The normalized spacial score (nSPS) is 11.5. The van der Waals surface area contributed by atoms with Crippen molar-refractivity contribution < 1.29 is 0 Å². The van der Waals surface area contributed by atoms with Crippen molar-refractivity contribution in [3.05, 3.63) is 64.9 Å². The van der Waals surface area contributed by atoms with E-state index >= 15 is 0 Å². The minimum atomic E-state index is 0.742. The Hall–Kier alpha value is -1.84. The first-order chi connectivity index (χ1) is 12.2. The van der Waals surface area contributed by atoms with E-state index in [1.165, 1.54) is 11.1 Å². The zero-order valence-corrected chi connectivity index (χ0v) is 15.8. The van der Waals surface area contributed by atoms with Gasteiger partial charge < -0.3 is 9.47 Å². The van der Waals surface area contributed by atoms with Crippen LogP contribution in [0.2, 0.25) is 5.02 Å². The lowest BCUT2D eigenvalue weighted by Crippen LogP contribution is -2.25. The van der Waals surface area contributed by atoms with Gasteiger partial charge in [-0.05, 0) is 49.8 Å². The fourth-order valence-electron chi connectivity index (χ4n) is 3.31. The van der Waals surface area contributed by atoms with Crippen LogP contribution in [0.15, 0.2) is 48.5 Å². The molecule has 0 aliphatic heterocycles. The van der Waals surface area contributed by atoms with Crippen molar-refractivity contribution in [1.29, 1.82) is 0 Å². The number of aryl methyl sites for hydroxylation is 1. The van der Waals surface area contributed by atoms with Crippen molar-refractivity contribution in [1.82, 2.24) is 14.5 Å². The second-order valence-corrected chi connectivity index (χ2v) is 6.79. The second kappa shape index (κ2) is 8.50. The summed E-state index contributed by atoms with van der Waals surface area (Å²) in [5, 5.41) is 0.742. The van der Waals surface area contributed by atoms with Gasteiger partial charge in [0.05, 0.1) is 11.0 Å². The predicted octanol–water partition coefficient (Wildman–Crippen LogP) is 5.01. The molecule has 0 saturated heterocycles. The molecule has 132 valence electrons. The lowest BCUT2D eigenvalue weighted by atomic mass is 10.1. The highest BCUT2D eigenvalue weighted by molar-refractivity contribution is 6.31. The molecule has 0 spiro atoms. The number of hydrogen-bond donors (Lipinski definition) is 0. The lowest BCUT2D eigenvalue weighted by Gasteiger charge is -2.18.